The topological polar surface area (TPSA) is 87.7 Å². The van der Waals surface area contributed by atoms with E-state index in [9.17, 15) is 9.59 Å². The Kier molecular flexibility index (Phi) is 4.93. The van der Waals surface area contributed by atoms with Crippen LogP contribution in [0.25, 0.3) is 0 Å². The van der Waals surface area contributed by atoms with Crippen LogP contribution in [0.2, 0.25) is 0 Å². The van der Waals surface area contributed by atoms with Crippen LogP contribution in [-0.2, 0) is 9.59 Å². The molecule has 1 atom stereocenters. The van der Waals surface area contributed by atoms with E-state index in [-0.39, 0.29) is 17.9 Å². The Morgan fingerprint density at radius 2 is 1.96 bits per heavy atom. The van der Waals surface area contributed by atoms with Crippen molar-refractivity contribution in [2.24, 2.45) is 0 Å². The van der Waals surface area contributed by atoms with Crippen molar-refractivity contribution in [1.82, 2.24) is 10.2 Å². The van der Waals surface area contributed by atoms with Crippen LogP contribution in [-0.4, -0.2) is 48.3 Å². The van der Waals surface area contributed by atoms with Crippen molar-refractivity contribution in [3.8, 4) is 5.75 Å². The Hall–Kier alpha value is -2.68. The highest BCUT2D eigenvalue weighted by Crippen LogP contribution is 2.34. The average molecular weight is 387 g/mol. The maximum atomic E-state index is 12.8. The summed E-state index contributed by atoms with van der Waals surface area (Å²) in [7, 11) is 1.61. The van der Waals surface area contributed by atoms with E-state index in [2.05, 4.69) is 15.5 Å². The number of ether oxygens (including phenoxy) is 1. The quantitative estimate of drug-likeness (QED) is 0.847. The van der Waals surface area contributed by atoms with Gasteiger partial charge in [-0.05, 0) is 43.5 Å². The zero-order valence-electron chi connectivity index (χ0n) is 15.1. The summed E-state index contributed by atoms with van der Waals surface area (Å²) in [5, 5.41) is 12.7. The van der Waals surface area contributed by atoms with E-state index >= 15 is 0 Å². The van der Waals surface area contributed by atoms with E-state index in [1.54, 1.807) is 12.0 Å². The predicted octanol–water partition coefficient (Wildman–Crippen LogP) is 2.28. The first-order valence-electron chi connectivity index (χ1n) is 9.01. The number of anilines is 3. The first kappa shape index (κ1) is 17.7. The Bertz CT molecular complexity index is 838. The summed E-state index contributed by atoms with van der Waals surface area (Å²) >= 11 is 1.38. The molecule has 0 saturated carbocycles. The molecule has 142 valence electrons. The Balaban J connectivity index is 1.46. The third-order valence-corrected chi connectivity index (χ3v) is 5.85. The van der Waals surface area contributed by atoms with Gasteiger partial charge in [-0.3, -0.25) is 14.5 Å². The van der Waals surface area contributed by atoms with Gasteiger partial charge in [-0.2, -0.15) is 0 Å². The van der Waals surface area contributed by atoms with Crippen molar-refractivity contribution in [2.75, 3.05) is 35.3 Å². The molecule has 2 aromatic rings. The predicted molar refractivity (Wildman–Crippen MR) is 103 cm³/mol. The minimum absolute atomic E-state index is 0.0633. The Morgan fingerprint density at radius 1 is 1.19 bits per heavy atom. The van der Waals surface area contributed by atoms with Gasteiger partial charge in [0.05, 0.1) is 7.11 Å². The molecule has 2 fully saturated rings. The van der Waals surface area contributed by atoms with Gasteiger partial charge in [0, 0.05) is 25.2 Å². The highest BCUT2D eigenvalue weighted by molar-refractivity contribution is 7.19. The van der Waals surface area contributed by atoms with E-state index < -0.39 is 0 Å². The molecule has 0 unspecified atom stereocenters. The molecule has 2 aliphatic heterocycles. The number of aromatic nitrogens is 2. The van der Waals surface area contributed by atoms with Crippen molar-refractivity contribution in [3.05, 3.63) is 24.3 Å². The minimum atomic E-state index is -0.290. The molecular weight excluding hydrogens is 366 g/mol. The van der Waals surface area contributed by atoms with Crippen LogP contribution in [0.4, 0.5) is 16.0 Å². The monoisotopic (exact) mass is 387 g/mol. The normalized spacial score (nSPS) is 19.6. The number of amides is 2. The highest BCUT2D eigenvalue weighted by Gasteiger charge is 2.34. The second-order valence-electron chi connectivity index (χ2n) is 6.59. The fourth-order valence-electron chi connectivity index (χ4n) is 3.45. The van der Waals surface area contributed by atoms with Gasteiger partial charge in [0.25, 0.3) is 0 Å². The third kappa shape index (κ3) is 3.59. The van der Waals surface area contributed by atoms with Gasteiger partial charge in [-0.25, -0.2) is 0 Å². The SMILES string of the molecule is COc1ccc(NC(=O)[C@@H]2CCCN2c2nnc(N3CCCC3=O)s2)cc1. The number of carbonyl (C=O) groups excluding carboxylic acids is 2. The van der Waals surface area contributed by atoms with Gasteiger partial charge in [0.2, 0.25) is 22.1 Å². The summed E-state index contributed by atoms with van der Waals surface area (Å²) in [5.41, 5.74) is 0.730. The molecule has 0 bridgehead atoms. The van der Waals surface area contributed by atoms with Crippen LogP contribution < -0.4 is 19.9 Å². The van der Waals surface area contributed by atoms with Crippen LogP contribution in [0.3, 0.4) is 0 Å². The third-order valence-electron chi connectivity index (χ3n) is 4.87. The Labute approximate surface area is 161 Å². The molecule has 2 amide bonds. The zero-order valence-corrected chi connectivity index (χ0v) is 15.9. The molecule has 3 heterocycles. The van der Waals surface area contributed by atoms with Crippen molar-refractivity contribution in [3.63, 3.8) is 0 Å². The molecule has 0 aliphatic carbocycles. The van der Waals surface area contributed by atoms with Crippen LogP contribution in [0.5, 0.6) is 5.75 Å². The second kappa shape index (κ2) is 7.51. The van der Waals surface area contributed by atoms with Crippen LogP contribution in [0.1, 0.15) is 25.7 Å². The Morgan fingerprint density at radius 3 is 2.67 bits per heavy atom. The average Bonchev–Trinajstić information content (AvgIpc) is 3.41. The maximum Gasteiger partial charge on any atom is 0.247 e. The smallest absolute Gasteiger partial charge is 0.247 e. The van der Waals surface area contributed by atoms with E-state index in [0.29, 0.717) is 23.2 Å². The lowest BCUT2D eigenvalue weighted by atomic mass is 10.2. The first-order chi connectivity index (χ1) is 13.2. The minimum Gasteiger partial charge on any atom is -0.497 e. The van der Waals surface area contributed by atoms with E-state index in [4.69, 9.17) is 4.74 Å². The summed E-state index contributed by atoms with van der Waals surface area (Å²) in [6.07, 6.45) is 3.09. The molecule has 27 heavy (non-hydrogen) atoms. The van der Waals surface area contributed by atoms with Crippen LogP contribution in [0.15, 0.2) is 24.3 Å². The van der Waals surface area contributed by atoms with Crippen LogP contribution >= 0.6 is 11.3 Å². The van der Waals surface area contributed by atoms with Crippen molar-refractivity contribution >= 4 is 39.1 Å². The molecule has 4 rings (SSSR count). The van der Waals surface area contributed by atoms with E-state index in [1.165, 1.54) is 11.3 Å². The van der Waals surface area contributed by atoms with Gasteiger partial charge in [0.15, 0.2) is 0 Å². The molecule has 1 aromatic heterocycles. The number of carbonyl (C=O) groups is 2. The number of rotatable bonds is 5. The van der Waals surface area contributed by atoms with Gasteiger partial charge >= 0.3 is 0 Å². The number of nitrogens with one attached hydrogen (secondary N) is 1. The first-order valence-corrected chi connectivity index (χ1v) is 9.83. The van der Waals surface area contributed by atoms with Crippen molar-refractivity contribution in [2.45, 2.75) is 31.7 Å². The summed E-state index contributed by atoms with van der Waals surface area (Å²) in [6, 6.07) is 6.97. The van der Waals surface area contributed by atoms with Gasteiger partial charge < -0.3 is 15.0 Å². The second-order valence-corrected chi connectivity index (χ2v) is 7.52. The maximum absolute atomic E-state index is 12.8. The van der Waals surface area contributed by atoms with Gasteiger partial charge in [0.1, 0.15) is 11.8 Å². The lowest BCUT2D eigenvalue weighted by Crippen LogP contribution is -2.39. The molecule has 2 saturated heterocycles. The largest absolute Gasteiger partial charge is 0.497 e. The number of hydrogen-bond acceptors (Lipinski definition) is 7. The molecular formula is C18H21N5O3S. The lowest BCUT2D eigenvalue weighted by molar-refractivity contribution is -0.117. The number of nitrogens with zero attached hydrogens (tertiary/aromatic N) is 4. The molecule has 1 N–H and O–H groups in total. The van der Waals surface area contributed by atoms with Crippen molar-refractivity contribution in [1.29, 1.82) is 0 Å². The molecule has 0 spiro atoms. The fraction of sp³-hybridized carbons (Fsp3) is 0.444. The number of hydrogen-bond donors (Lipinski definition) is 1. The summed E-state index contributed by atoms with van der Waals surface area (Å²) < 4.78 is 5.14. The summed E-state index contributed by atoms with van der Waals surface area (Å²) in [6.45, 7) is 1.44. The fourth-order valence-corrected chi connectivity index (χ4v) is 4.42. The standard InChI is InChI=1S/C18H21N5O3S/c1-26-13-8-6-12(7-9-13)19-16(25)14-4-2-10-22(14)17-20-21-18(27-17)23-11-3-5-15(23)24/h6-9,14H,2-5,10-11H2,1H3,(H,19,25)/t14-/m0/s1. The highest BCUT2D eigenvalue weighted by atomic mass is 32.1. The van der Waals surface area contributed by atoms with E-state index in [0.717, 1.165) is 37.2 Å². The van der Waals surface area contributed by atoms with Crippen LogP contribution in [0, 0.1) is 0 Å². The van der Waals surface area contributed by atoms with Gasteiger partial charge in [-0.1, -0.05) is 11.3 Å². The summed E-state index contributed by atoms with van der Waals surface area (Å²) in [4.78, 5) is 28.4. The molecule has 8 nitrogen and oxygen atoms in total. The van der Waals surface area contributed by atoms with Crippen molar-refractivity contribution < 1.29 is 14.3 Å². The lowest BCUT2D eigenvalue weighted by Gasteiger charge is -2.22. The molecule has 1 aromatic carbocycles. The number of methoxy groups -OCH3 is 1. The summed E-state index contributed by atoms with van der Waals surface area (Å²) in [5.74, 6) is 0.771. The number of benzene rings is 1. The van der Waals surface area contributed by atoms with E-state index in [1.807, 2.05) is 29.2 Å². The van der Waals surface area contributed by atoms with Gasteiger partial charge in [-0.15, -0.1) is 10.2 Å². The zero-order chi connectivity index (χ0) is 18.8. The molecule has 9 heteroatoms. The molecule has 0 radical (unpaired) electrons. The molecule has 2 aliphatic rings.